The van der Waals surface area contributed by atoms with Crippen molar-refractivity contribution in [1.29, 1.82) is 0 Å². The molecule has 0 saturated heterocycles. The summed E-state index contributed by atoms with van der Waals surface area (Å²) in [5.41, 5.74) is 8.23. The van der Waals surface area contributed by atoms with Gasteiger partial charge in [0.2, 0.25) is 5.91 Å². The number of aromatic nitrogens is 1. The average molecular weight is 859 g/mol. The maximum atomic E-state index is 14.2. The summed E-state index contributed by atoms with van der Waals surface area (Å²) in [6.45, 7) is 4.53. The molecule has 0 radical (unpaired) electrons. The standard InChI is InChI=1S/C48H41Cl2N3O8/c1-27-28(2)51-18-17-38(27)31-6-3-29(4-7-31)20-41(48(57)58)52-46(55)42-21-34-22-43-44(23-35(34)24-53(42)47(56)33-8-12-36(54)13-9-33)61-45(26-60-43)32-10-14-37(15-11-32)59-25-30-5-16-39(49)40(50)19-30/h3-19,22-23,41-42,45,54H,20-21,24-26H2,1-2H3,(H,52,55)(H,57,58). The van der Waals surface area contributed by atoms with Crippen LogP contribution in [0.1, 0.15) is 55.5 Å². The molecule has 13 heteroatoms. The van der Waals surface area contributed by atoms with Crippen LogP contribution < -0.4 is 19.5 Å². The van der Waals surface area contributed by atoms with Crippen molar-refractivity contribution in [1.82, 2.24) is 15.2 Å². The van der Waals surface area contributed by atoms with Crippen LogP contribution in [0, 0.1) is 13.8 Å². The molecular formula is C48H41Cl2N3O8. The molecule has 0 saturated carbocycles. The summed E-state index contributed by atoms with van der Waals surface area (Å²) in [6.07, 6.45) is 1.45. The smallest absolute Gasteiger partial charge is 0.326 e. The number of hydrogen-bond acceptors (Lipinski definition) is 8. The molecule has 3 atom stereocenters. The number of hydrogen-bond donors (Lipinski definition) is 3. The number of pyridine rings is 1. The summed E-state index contributed by atoms with van der Waals surface area (Å²) in [5, 5.41) is 23.9. The Morgan fingerprint density at radius 2 is 1.59 bits per heavy atom. The molecule has 3 N–H and O–H groups in total. The number of benzene rings is 5. The van der Waals surface area contributed by atoms with Gasteiger partial charge in [0.1, 0.15) is 36.8 Å². The second kappa shape index (κ2) is 17.6. The van der Waals surface area contributed by atoms with Crippen molar-refractivity contribution in [2.45, 2.75) is 58.0 Å². The van der Waals surface area contributed by atoms with E-state index in [1.165, 1.54) is 29.2 Å². The van der Waals surface area contributed by atoms with Crippen LogP contribution in [0.15, 0.2) is 115 Å². The molecule has 2 aliphatic heterocycles. The Labute approximate surface area is 362 Å². The van der Waals surface area contributed by atoms with E-state index in [9.17, 15) is 24.6 Å². The molecule has 0 fully saturated rings. The zero-order valence-electron chi connectivity index (χ0n) is 33.2. The van der Waals surface area contributed by atoms with E-state index in [1.807, 2.05) is 86.6 Å². The van der Waals surface area contributed by atoms with Gasteiger partial charge in [0.25, 0.3) is 5.91 Å². The molecule has 3 heterocycles. The minimum atomic E-state index is -1.27. The topological polar surface area (TPSA) is 148 Å². The SMILES string of the molecule is Cc1nccc(-c2ccc(CC(NC(=O)C3Cc4cc5c(cc4CN3C(=O)c3ccc(O)cc3)OC(c3ccc(OCc4ccc(Cl)c(Cl)c4)cc3)CO5)C(=O)O)cc2)c1C. The molecule has 1 aromatic heterocycles. The molecule has 61 heavy (non-hydrogen) atoms. The predicted molar refractivity (Wildman–Crippen MR) is 230 cm³/mol. The number of phenolic OH excluding ortho intramolecular Hbond substituents is 1. The number of halogens is 2. The van der Waals surface area contributed by atoms with Crippen LogP contribution in [0.5, 0.6) is 23.0 Å². The molecule has 11 nitrogen and oxygen atoms in total. The third-order valence-corrected chi connectivity index (χ3v) is 11.9. The largest absolute Gasteiger partial charge is 0.508 e. The molecule has 0 bridgehead atoms. The summed E-state index contributed by atoms with van der Waals surface area (Å²) in [7, 11) is 0. The molecule has 3 unspecified atom stereocenters. The number of ether oxygens (including phenoxy) is 3. The van der Waals surface area contributed by atoms with Crippen molar-refractivity contribution in [2.24, 2.45) is 0 Å². The lowest BCUT2D eigenvalue weighted by molar-refractivity contribution is -0.142. The number of phenols is 1. The highest BCUT2D eigenvalue weighted by Crippen LogP contribution is 2.41. The third-order valence-electron chi connectivity index (χ3n) is 11.2. The zero-order valence-corrected chi connectivity index (χ0v) is 34.7. The monoisotopic (exact) mass is 857 g/mol. The minimum Gasteiger partial charge on any atom is -0.508 e. The summed E-state index contributed by atoms with van der Waals surface area (Å²) < 4.78 is 18.6. The number of carboxylic acid groups (broad SMARTS) is 1. The van der Waals surface area contributed by atoms with Crippen molar-refractivity contribution < 1.29 is 38.8 Å². The lowest BCUT2D eigenvalue weighted by Gasteiger charge is -2.37. The maximum Gasteiger partial charge on any atom is 0.326 e. The zero-order chi connectivity index (χ0) is 42.8. The van der Waals surface area contributed by atoms with Gasteiger partial charge in [0.05, 0.1) is 10.0 Å². The van der Waals surface area contributed by atoms with Gasteiger partial charge in [-0.25, -0.2) is 4.79 Å². The van der Waals surface area contributed by atoms with Gasteiger partial charge in [0.15, 0.2) is 17.6 Å². The van der Waals surface area contributed by atoms with Crippen LogP contribution in [0.4, 0.5) is 0 Å². The van der Waals surface area contributed by atoms with Gasteiger partial charge < -0.3 is 34.6 Å². The molecule has 8 rings (SSSR count). The number of amides is 2. The second-order valence-corrected chi connectivity index (χ2v) is 16.0. The minimum absolute atomic E-state index is 0.0120. The molecule has 2 aliphatic rings. The number of nitrogens with zero attached hydrogens (tertiary/aromatic N) is 2. The van der Waals surface area contributed by atoms with Crippen LogP contribution >= 0.6 is 23.2 Å². The molecule has 0 aliphatic carbocycles. The lowest BCUT2D eigenvalue weighted by Crippen LogP contribution is -2.56. The first-order valence-electron chi connectivity index (χ1n) is 19.7. The van der Waals surface area contributed by atoms with Crippen molar-refractivity contribution in [3.05, 3.63) is 170 Å². The Morgan fingerprint density at radius 1 is 0.869 bits per heavy atom. The van der Waals surface area contributed by atoms with Gasteiger partial charge in [-0.05, 0) is 125 Å². The van der Waals surface area contributed by atoms with Gasteiger partial charge in [0, 0.05) is 36.8 Å². The third kappa shape index (κ3) is 9.13. The summed E-state index contributed by atoms with van der Waals surface area (Å²) >= 11 is 12.2. The Balaban J connectivity index is 0.989. The van der Waals surface area contributed by atoms with E-state index in [1.54, 1.807) is 18.3 Å². The normalized spacial score (nSPS) is 16.0. The van der Waals surface area contributed by atoms with Crippen LogP contribution in [0.2, 0.25) is 10.0 Å². The van der Waals surface area contributed by atoms with Crippen molar-refractivity contribution in [2.75, 3.05) is 6.61 Å². The number of aliphatic carboxylic acids is 1. The van der Waals surface area contributed by atoms with Crippen LogP contribution in [0.25, 0.3) is 11.1 Å². The van der Waals surface area contributed by atoms with Gasteiger partial charge >= 0.3 is 5.97 Å². The quantitative estimate of drug-likeness (QED) is 0.116. The lowest BCUT2D eigenvalue weighted by atomic mass is 9.91. The first-order valence-corrected chi connectivity index (χ1v) is 20.4. The number of nitrogens with one attached hydrogen (secondary N) is 1. The number of aryl methyl sites for hydroxylation is 1. The van der Waals surface area contributed by atoms with E-state index < -0.39 is 36.0 Å². The Kier molecular flexibility index (Phi) is 11.9. The van der Waals surface area contributed by atoms with Crippen LogP contribution in [0.3, 0.4) is 0 Å². The van der Waals surface area contributed by atoms with E-state index in [2.05, 4.69) is 10.3 Å². The number of carboxylic acids is 1. The molecule has 0 spiro atoms. The van der Waals surface area contributed by atoms with Gasteiger partial charge in [-0.2, -0.15) is 0 Å². The van der Waals surface area contributed by atoms with Crippen molar-refractivity contribution in [3.8, 4) is 34.1 Å². The number of fused-ring (bicyclic) bond motifs is 2. The Morgan fingerprint density at radius 3 is 2.31 bits per heavy atom. The second-order valence-electron chi connectivity index (χ2n) is 15.2. The summed E-state index contributed by atoms with van der Waals surface area (Å²) in [5.74, 6) is -0.632. The van der Waals surface area contributed by atoms with Gasteiger partial charge in [-0.1, -0.05) is 65.7 Å². The van der Waals surface area contributed by atoms with Crippen LogP contribution in [-0.2, 0) is 35.6 Å². The highest BCUT2D eigenvalue weighted by Gasteiger charge is 2.38. The molecule has 6 aromatic rings. The fourth-order valence-electron chi connectivity index (χ4n) is 7.58. The van der Waals surface area contributed by atoms with E-state index >= 15 is 0 Å². The Hall–Kier alpha value is -6.56. The fraction of sp³-hybridized carbons (Fsp3) is 0.208. The van der Waals surface area contributed by atoms with Gasteiger partial charge in [-0.3, -0.25) is 14.6 Å². The van der Waals surface area contributed by atoms with E-state index in [0.29, 0.717) is 33.9 Å². The maximum absolute atomic E-state index is 14.2. The first-order chi connectivity index (χ1) is 29.4. The fourth-order valence-corrected chi connectivity index (χ4v) is 7.91. The molecule has 310 valence electrons. The summed E-state index contributed by atoms with van der Waals surface area (Å²) in [6, 6.07) is 29.5. The number of aromatic hydroxyl groups is 1. The Bertz CT molecular complexity index is 2620. The molecular weight excluding hydrogens is 817 g/mol. The number of carbonyl (C=O) groups is 3. The van der Waals surface area contributed by atoms with E-state index in [4.69, 9.17) is 37.4 Å². The highest BCUT2D eigenvalue weighted by molar-refractivity contribution is 6.42. The summed E-state index contributed by atoms with van der Waals surface area (Å²) in [4.78, 5) is 46.7. The first kappa shape index (κ1) is 41.2. The van der Waals surface area contributed by atoms with Crippen LogP contribution in [-0.4, -0.2) is 56.6 Å². The predicted octanol–water partition coefficient (Wildman–Crippen LogP) is 8.85. The van der Waals surface area contributed by atoms with E-state index in [-0.39, 0.29) is 37.3 Å². The van der Waals surface area contributed by atoms with E-state index in [0.717, 1.165) is 50.2 Å². The highest BCUT2D eigenvalue weighted by atomic mass is 35.5. The molecule has 2 amide bonds. The van der Waals surface area contributed by atoms with Crippen molar-refractivity contribution >= 4 is 41.0 Å². The molecule has 5 aromatic carbocycles. The number of rotatable bonds is 11. The van der Waals surface area contributed by atoms with Crippen molar-refractivity contribution in [3.63, 3.8) is 0 Å². The number of carbonyl (C=O) groups excluding carboxylic acids is 2. The average Bonchev–Trinajstić information content (AvgIpc) is 3.26. The van der Waals surface area contributed by atoms with Gasteiger partial charge in [-0.15, -0.1) is 0 Å².